The number of aromatic nitrogens is 1. The Labute approximate surface area is 143 Å². The summed E-state index contributed by atoms with van der Waals surface area (Å²) in [5.41, 5.74) is 0.607. The molecule has 124 valence electrons. The average molecular weight is 347 g/mol. The second-order valence-electron chi connectivity index (χ2n) is 5.58. The van der Waals surface area contributed by atoms with Crippen molar-refractivity contribution in [2.75, 3.05) is 11.9 Å². The monoisotopic (exact) mass is 346 g/mol. The van der Waals surface area contributed by atoms with Gasteiger partial charge < -0.3 is 14.2 Å². The van der Waals surface area contributed by atoms with E-state index in [0.29, 0.717) is 22.0 Å². The number of carbonyl (C=O) groups excluding carboxylic acids is 2. The number of rotatable bonds is 3. The van der Waals surface area contributed by atoms with Crippen LogP contribution < -0.4 is 15.2 Å². The number of fused-ring (bicyclic) bond motifs is 1. The molecule has 24 heavy (non-hydrogen) atoms. The van der Waals surface area contributed by atoms with Crippen molar-refractivity contribution >= 4 is 29.0 Å². The van der Waals surface area contributed by atoms with Crippen LogP contribution in [0, 0.1) is 0 Å². The Morgan fingerprint density at radius 1 is 1.25 bits per heavy atom. The van der Waals surface area contributed by atoms with Gasteiger partial charge in [-0.2, -0.15) is 0 Å². The van der Waals surface area contributed by atoms with Gasteiger partial charge in [-0.3, -0.25) is 14.4 Å². The van der Waals surface area contributed by atoms with Crippen LogP contribution in [0.5, 0.6) is 5.75 Å². The number of Topliss-reactive ketones (excluding diaryl/α,β-unsaturated/α-hetero) is 1. The highest BCUT2D eigenvalue weighted by atomic mass is 35.5. The molecule has 6 nitrogen and oxygen atoms in total. The molecular weight excluding hydrogens is 332 g/mol. The second kappa shape index (κ2) is 6.13. The fourth-order valence-corrected chi connectivity index (χ4v) is 2.74. The van der Waals surface area contributed by atoms with Gasteiger partial charge in [0.15, 0.2) is 11.9 Å². The van der Waals surface area contributed by atoms with E-state index >= 15 is 0 Å². The standard InChI is InChI=1S/C17H15ClN2O4/c1-10-17(23)19(2)13-7-11(3-5-15(13)24-10)14(21)9-20-8-12(18)4-6-16(20)22/h3-8,10H,9H2,1-2H3. The number of benzene rings is 1. The third-order valence-corrected chi connectivity index (χ3v) is 4.11. The van der Waals surface area contributed by atoms with Crippen LogP contribution in [0.3, 0.4) is 0 Å². The first kappa shape index (κ1) is 16.3. The van der Waals surface area contributed by atoms with Crippen molar-refractivity contribution in [2.45, 2.75) is 19.6 Å². The van der Waals surface area contributed by atoms with E-state index in [9.17, 15) is 14.4 Å². The minimum absolute atomic E-state index is 0.132. The predicted molar refractivity (Wildman–Crippen MR) is 90.0 cm³/mol. The number of anilines is 1. The zero-order valence-corrected chi connectivity index (χ0v) is 13.9. The van der Waals surface area contributed by atoms with Crippen LogP contribution in [0.2, 0.25) is 5.02 Å². The zero-order valence-electron chi connectivity index (χ0n) is 13.2. The number of likely N-dealkylation sites (N-methyl/N-ethyl adjacent to an activating group) is 1. The lowest BCUT2D eigenvalue weighted by Gasteiger charge is -2.30. The smallest absolute Gasteiger partial charge is 0.267 e. The summed E-state index contributed by atoms with van der Waals surface area (Å²) in [5.74, 6) is 0.0980. The van der Waals surface area contributed by atoms with E-state index in [-0.39, 0.29) is 23.8 Å². The van der Waals surface area contributed by atoms with Crippen LogP contribution in [0.1, 0.15) is 17.3 Å². The number of hydrogen-bond donors (Lipinski definition) is 0. The molecule has 0 N–H and O–H groups in total. The quantitative estimate of drug-likeness (QED) is 0.798. The van der Waals surface area contributed by atoms with Crippen LogP contribution in [0.25, 0.3) is 0 Å². The summed E-state index contributed by atoms with van der Waals surface area (Å²) in [4.78, 5) is 37.7. The Morgan fingerprint density at radius 2 is 2.00 bits per heavy atom. The van der Waals surface area contributed by atoms with Crippen LogP contribution in [0.4, 0.5) is 5.69 Å². The van der Waals surface area contributed by atoms with Gasteiger partial charge in [0.2, 0.25) is 0 Å². The normalized spacial score (nSPS) is 16.5. The summed E-state index contributed by atoms with van der Waals surface area (Å²) in [6.07, 6.45) is 0.856. The zero-order chi connectivity index (χ0) is 17.4. The average Bonchev–Trinajstić information content (AvgIpc) is 2.56. The van der Waals surface area contributed by atoms with E-state index in [2.05, 4.69) is 0 Å². The Balaban J connectivity index is 1.91. The predicted octanol–water partition coefficient (Wildman–Crippen LogP) is 2.13. The number of pyridine rings is 1. The Bertz CT molecular complexity index is 890. The van der Waals surface area contributed by atoms with Gasteiger partial charge in [-0.05, 0) is 31.2 Å². The van der Waals surface area contributed by atoms with Gasteiger partial charge in [-0.1, -0.05) is 11.6 Å². The SMILES string of the molecule is CC1Oc2ccc(C(=O)Cn3cc(Cl)ccc3=O)cc2N(C)C1=O. The summed E-state index contributed by atoms with van der Waals surface area (Å²) < 4.78 is 6.77. The highest BCUT2D eigenvalue weighted by molar-refractivity contribution is 6.30. The number of ether oxygens (including phenoxy) is 1. The lowest BCUT2D eigenvalue weighted by Crippen LogP contribution is -2.42. The molecule has 1 unspecified atom stereocenters. The lowest BCUT2D eigenvalue weighted by atomic mass is 10.1. The van der Waals surface area contributed by atoms with E-state index < -0.39 is 6.10 Å². The minimum atomic E-state index is -0.561. The first-order valence-corrected chi connectivity index (χ1v) is 7.72. The molecule has 2 aromatic rings. The van der Waals surface area contributed by atoms with Gasteiger partial charge in [0.25, 0.3) is 11.5 Å². The topological polar surface area (TPSA) is 68.6 Å². The van der Waals surface area contributed by atoms with Gasteiger partial charge >= 0.3 is 0 Å². The Morgan fingerprint density at radius 3 is 2.75 bits per heavy atom. The van der Waals surface area contributed by atoms with Crippen LogP contribution in [-0.2, 0) is 11.3 Å². The molecule has 1 atom stereocenters. The largest absolute Gasteiger partial charge is 0.479 e. The maximum absolute atomic E-state index is 12.5. The third kappa shape index (κ3) is 2.92. The number of carbonyl (C=O) groups is 2. The van der Waals surface area contributed by atoms with E-state index in [0.717, 1.165) is 0 Å². The molecule has 7 heteroatoms. The van der Waals surface area contributed by atoms with Crippen molar-refractivity contribution in [1.82, 2.24) is 4.57 Å². The summed E-state index contributed by atoms with van der Waals surface area (Å²) in [7, 11) is 1.63. The molecule has 1 aromatic carbocycles. The maximum Gasteiger partial charge on any atom is 0.267 e. The van der Waals surface area contributed by atoms with Crippen LogP contribution in [-0.4, -0.2) is 29.4 Å². The molecule has 3 rings (SSSR count). The molecule has 0 saturated heterocycles. The van der Waals surface area contributed by atoms with Crippen LogP contribution in [0.15, 0.2) is 41.3 Å². The van der Waals surface area contributed by atoms with Crippen molar-refractivity contribution in [3.05, 3.63) is 57.5 Å². The summed E-state index contributed by atoms with van der Waals surface area (Å²) in [6.45, 7) is 1.54. The van der Waals surface area contributed by atoms with E-state index in [4.69, 9.17) is 16.3 Å². The van der Waals surface area contributed by atoms with Crippen molar-refractivity contribution in [2.24, 2.45) is 0 Å². The summed E-state index contributed by atoms with van der Waals surface area (Å²) >= 11 is 5.86. The van der Waals surface area contributed by atoms with Crippen molar-refractivity contribution < 1.29 is 14.3 Å². The molecule has 2 heterocycles. The molecule has 1 aliphatic heterocycles. The molecule has 0 bridgehead atoms. The first-order valence-electron chi connectivity index (χ1n) is 7.34. The van der Waals surface area contributed by atoms with Gasteiger partial charge in [-0.25, -0.2) is 0 Å². The number of hydrogen-bond acceptors (Lipinski definition) is 4. The summed E-state index contributed by atoms with van der Waals surface area (Å²) in [5, 5.41) is 0.376. The summed E-state index contributed by atoms with van der Waals surface area (Å²) in [6, 6.07) is 7.65. The highest BCUT2D eigenvalue weighted by Crippen LogP contribution is 2.34. The molecule has 0 aliphatic carbocycles. The number of ketones is 1. The molecule has 0 spiro atoms. The van der Waals surface area contributed by atoms with E-state index in [1.165, 1.54) is 27.8 Å². The fraction of sp³-hybridized carbons (Fsp3) is 0.235. The van der Waals surface area contributed by atoms with E-state index in [1.54, 1.807) is 32.2 Å². The molecular formula is C17H15ClN2O4. The molecule has 0 radical (unpaired) electrons. The molecule has 0 fully saturated rings. The van der Waals surface area contributed by atoms with Gasteiger partial charge in [-0.15, -0.1) is 0 Å². The Kier molecular flexibility index (Phi) is 4.15. The first-order chi connectivity index (χ1) is 11.4. The molecule has 1 amide bonds. The van der Waals surface area contributed by atoms with Gasteiger partial charge in [0, 0.05) is 24.9 Å². The molecule has 1 aromatic heterocycles. The van der Waals surface area contributed by atoms with Crippen molar-refractivity contribution in [3.63, 3.8) is 0 Å². The molecule has 1 aliphatic rings. The molecule has 0 saturated carbocycles. The highest BCUT2D eigenvalue weighted by Gasteiger charge is 2.29. The third-order valence-electron chi connectivity index (χ3n) is 3.89. The van der Waals surface area contributed by atoms with Gasteiger partial charge in [0.1, 0.15) is 5.75 Å². The number of nitrogens with zero attached hydrogens (tertiary/aromatic N) is 2. The maximum atomic E-state index is 12.5. The number of amides is 1. The van der Waals surface area contributed by atoms with E-state index in [1.807, 2.05) is 0 Å². The van der Waals surface area contributed by atoms with Crippen LogP contribution >= 0.6 is 11.6 Å². The fourth-order valence-electron chi connectivity index (χ4n) is 2.56. The second-order valence-corrected chi connectivity index (χ2v) is 6.01. The number of halogens is 1. The van der Waals surface area contributed by atoms with Gasteiger partial charge in [0.05, 0.1) is 17.3 Å². The van der Waals surface area contributed by atoms with Crippen molar-refractivity contribution in [1.29, 1.82) is 0 Å². The lowest BCUT2D eigenvalue weighted by molar-refractivity contribution is -0.125. The minimum Gasteiger partial charge on any atom is -0.479 e. The Hall–Kier alpha value is -2.60. The van der Waals surface area contributed by atoms with Crippen molar-refractivity contribution in [3.8, 4) is 5.75 Å².